The molecule has 0 saturated heterocycles. The van der Waals surface area contributed by atoms with Gasteiger partial charge in [0.15, 0.2) is 5.11 Å². The van der Waals surface area contributed by atoms with E-state index < -0.39 is 0 Å². The Morgan fingerprint density at radius 2 is 1.82 bits per heavy atom. The molecule has 2 N–H and O–H groups in total. The molecule has 2 saturated carbocycles. The predicted octanol–water partition coefficient (Wildman–Crippen LogP) is 4.48. The Hall–Kier alpha value is -1.29. The van der Waals surface area contributed by atoms with Gasteiger partial charge in [0.25, 0.3) is 0 Å². The number of hydrogen-bond acceptors (Lipinski definition) is 2. The molecular formula is C18H26N2OS. The highest BCUT2D eigenvalue weighted by Gasteiger charge is 2.47. The molecule has 0 aliphatic heterocycles. The number of nitrogens with one attached hydrogen (secondary N) is 2. The van der Waals surface area contributed by atoms with Crippen molar-refractivity contribution in [3.05, 3.63) is 24.3 Å². The SMILES string of the molecule is CC(C)Oc1ccc(NC(=S)NC2(C3CC3)CCCC2)cc1. The second kappa shape index (κ2) is 6.45. The molecule has 0 bridgehead atoms. The van der Waals surface area contributed by atoms with Crippen molar-refractivity contribution in [1.29, 1.82) is 0 Å². The predicted molar refractivity (Wildman–Crippen MR) is 95.5 cm³/mol. The Bertz CT molecular complexity index is 516. The van der Waals surface area contributed by atoms with Crippen LogP contribution in [-0.2, 0) is 0 Å². The van der Waals surface area contributed by atoms with Gasteiger partial charge in [-0.15, -0.1) is 0 Å². The number of benzene rings is 1. The van der Waals surface area contributed by atoms with Gasteiger partial charge in [-0.2, -0.15) is 0 Å². The van der Waals surface area contributed by atoms with Crippen LogP contribution in [0.25, 0.3) is 0 Å². The zero-order valence-electron chi connectivity index (χ0n) is 13.5. The summed E-state index contributed by atoms with van der Waals surface area (Å²) >= 11 is 5.54. The molecule has 120 valence electrons. The van der Waals surface area contributed by atoms with Crippen molar-refractivity contribution in [1.82, 2.24) is 5.32 Å². The average Bonchev–Trinajstić information content (AvgIpc) is 3.22. The quantitative estimate of drug-likeness (QED) is 0.784. The second-order valence-corrected chi connectivity index (χ2v) is 7.32. The molecule has 3 nitrogen and oxygen atoms in total. The maximum Gasteiger partial charge on any atom is 0.171 e. The summed E-state index contributed by atoms with van der Waals surface area (Å²) in [6, 6.07) is 8.00. The molecule has 2 aliphatic carbocycles. The fourth-order valence-corrected chi connectivity index (χ4v) is 3.88. The lowest BCUT2D eigenvalue weighted by molar-refractivity contribution is 0.242. The van der Waals surface area contributed by atoms with Gasteiger partial charge in [-0.3, -0.25) is 0 Å². The fourth-order valence-electron chi connectivity index (χ4n) is 3.55. The molecule has 0 atom stereocenters. The third kappa shape index (κ3) is 3.72. The smallest absolute Gasteiger partial charge is 0.171 e. The monoisotopic (exact) mass is 318 g/mol. The molecule has 0 heterocycles. The zero-order valence-corrected chi connectivity index (χ0v) is 14.3. The van der Waals surface area contributed by atoms with Gasteiger partial charge >= 0.3 is 0 Å². The van der Waals surface area contributed by atoms with E-state index in [1.165, 1.54) is 38.5 Å². The van der Waals surface area contributed by atoms with Crippen LogP contribution in [0.15, 0.2) is 24.3 Å². The van der Waals surface area contributed by atoms with E-state index in [1.54, 1.807) is 0 Å². The van der Waals surface area contributed by atoms with Crippen molar-refractivity contribution in [2.24, 2.45) is 5.92 Å². The maximum atomic E-state index is 5.66. The first kappa shape index (κ1) is 15.6. The van der Waals surface area contributed by atoms with Crippen LogP contribution in [0, 0.1) is 5.92 Å². The number of thiocarbonyl (C=S) groups is 1. The molecule has 22 heavy (non-hydrogen) atoms. The van der Waals surface area contributed by atoms with E-state index in [0.29, 0.717) is 0 Å². The Kier molecular flexibility index (Phi) is 4.57. The van der Waals surface area contributed by atoms with E-state index in [9.17, 15) is 0 Å². The molecule has 0 aromatic heterocycles. The lowest BCUT2D eigenvalue weighted by Crippen LogP contribution is -2.49. The number of rotatable bonds is 5. The van der Waals surface area contributed by atoms with Gasteiger partial charge in [-0.25, -0.2) is 0 Å². The molecule has 2 aliphatic rings. The number of hydrogen-bond donors (Lipinski definition) is 2. The molecule has 3 rings (SSSR count). The van der Waals surface area contributed by atoms with Crippen LogP contribution < -0.4 is 15.4 Å². The molecule has 4 heteroatoms. The Morgan fingerprint density at radius 3 is 2.36 bits per heavy atom. The molecule has 0 amide bonds. The van der Waals surface area contributed by atoms with E-state index in [4.69, 9.17) is 17.0 Å². The summed E-state index contributed by atoms with van der Waals surface area (Å²) in [5.74, 6) is 1.72. The van der Waals surface area contributed by atoms with Crippen LogP contribution in [0.5, 0.6) is 5.75 Å². The minimum Gasteiger partial charge on any atom is -0.491 e. The van der Waals surface area contributed by atoms with E-state index in [-0.39, 0.29) is 11.6 Å². The third-order valence-corrected chi connectivity index (χ3v) is 4.91. The molecule has 1 aromatic rings. The van der Waals surface area contributed by atoms with Crippen LogP contribution in [0.3, 0.4) is 0 Å². The normalized spacial score (nSPS) is 20.0. The number of ether oxygens (including phenoxy) is 1. The zero-order chi connectivity index (χ0) is 15.6. The molecule has 1 aromatic carbocycles. The minimum absolute atomic E-state index is 0.197. The summed E-state index contributed by atoms with van der Waals surface area (Å²) in [5.41, 5.74) is 1.28. The summed E-state index contributed by atoms with van der Waals surface area (Å²) in [6.07, 6.45) is 8.10. The van der Waals surface area contributed by atoms with Crippen LogP contribution in [0.1, 0.15) is 52.4 Å². The first-order valence-electron chi connectivity index (χ1n) is 8.43. The van der Waals surface area contributed by atoms with E-state index >= 15 is 0 Å². The highest BCUT2D eigenvalue weighted by molar-refractivity contribution is 7.80. The van der Waals surface area contributed by atoms with Crippen LogP contribution in [0.4, 0.5) is 5.69 Å². The van der Waals surface area contributed by atoms with Crippen molar-refractivity contribution in [2.75, 3.05) is 5.32 Å². The third-order valence-electron chi connectivity index (χ3n) is 4.70. The Labute approximate surface area is 138 Å². The van der Waals surface area contributed by atoms with Gasteiger partial charge in [0, 0.05) is 11.2 Å². The largest absolute Gasteiger partial charge is 0.491 e. The minimum atomic E-state index is 0.197. The molecule has 0 unspecified atom stereocenters. The van der Waals surface area contributed by atoms with Crippen LogP contribution in [0.2, 0.25) is 0 Å². The van der Waals surface area contributed by atoms with Crippen molar-refractivity contribution in [3.63, 3.8) is 0 Å². The van der Waals surface area contributed by atoms with E-state index in [0.717, 1.165) is 22.5 Å². The summed E-state index contributed by atoms with van der Waals surface area (Å²) in [6.45, 7) is 4.06. The van der Waals surface area contributed by atoms with Gasteiger partial charge < -0.3 is 15.4 Å². The van der Waals surface area contributed by atoms with E-state index in [2.05, 4.69) is 10.6 Å². The number of anilines is 1. The lowest BCUT2D eigenvalue weighted by Gasteiger charge is -2.32. The topological polar surface area (TPSA) is 33.3 Å². The van der Waals surface area contributed by atoms with Crippen molar-refractivity contribution >= 4 is 23.0 Å². The Morgan fingerprint density at radius 1 is 1.18 bits per heavy atom. The molecule has 0 spiro atoms. The van der Waals surface area contributed by atoms with Crippen molar-refractivity contribution in [2.45, 2.75) is 64.0 Å². The van der Waals surface area contributed by atoms with Crippen molar-refractivity contribution in [3.8, 4) is 5.75 Å². The lowest BCUT2D eigenvalue weighted by atomic mass is 9.91. The van der Waals surface area contributed by atoms with Gasteiger partial charge in [-0.05, 0) is 81.9 Å². The van der Waals surface area contributed by atoms with Gasteiger partial charge in [-0.1, -0.05) is 12.8 Å². The van der Waals surface area contributed by atoms with Gasteiger partial charge in [0.05, 0.1) is 6.10 Å². The average molecular weight is 318 g/mol. The molecular weight excluding hydrogens is 292 g/mol. The first-order chi connectivity index (χ1) is 10.6. The maximum absolute atomic E-state index is 5.66. The van der Waals surface area contributed by atoms with E-state index in [1.807, 2.05) is 38.1 Å². The van der Waals surface area contributed by atoms with Crippen LogP contribution in [-0.4, -0.2) is 16.8 Å². The summed E-state index contributed by atoms with van der Waals surface area (Å²) in [4.78, 5) is 0. The summed E-state index contributed by atoms with van der Waals surface area (Å²) < 4.78 is 5.66. The van der Waals surface area contributed by atoms with Crippen LogP contribution >= 0.6 is 12.2 Å². The summed E-state index contributed by atoms with van der Waals surface area (Å²) in [5, 5.41) is 7.72. The Balaban J connectivity index is 1.57. The highest BCUT2D eigenvalue weighted by Crippen LogP contribution is 2.48. The van der Waals surface area contributed by atoms with Gasteiger partial charge in [0.2, 0.25) is 0 Å². The standard InChI is InChI=1S/C18H26N2OS/c1-13(2)21-16-9-7-15(8-10-16)19-17(22)20-18(14-5-6-14)11-3-4-12-18/h7-10,13-14H,3-6,11-12H2,1-2H3,(H2,19,20,22). The first-order valence-corrected chi connectivity index (χ1v) is 8.84. The summed E-state index contributed by atoms with van der Waals surface area (Å²) in [7, 11) is 0. The molecule has 2 fully saturated rings. The fraction of sp³-hybridized carbons (Fsp3) is 0.611. The van der Waals surface area contributed by atoms with Crippen molar-refractivity contribution < 1.29 is 4.74 Å². The van der Waals surface area contributed by atoms with Gasteiger partial charge in [0.1, 0.15) is 5.75 Å². The molecule has 0 radical (unpaired) electrons. The highest BCUT2D eigenvalue weighted by atomic mass is 32.1. The second-order valence-electron chi connectivity index (χ2n) is 6.91.